The fourth-order valence-electron chi connectivity index (χ4n) is 1.19. The first kappa shape index (κ1) is 13.8. The van der Waals surface area contributed by atoms with Crippen molar-refractivity contribution in [2.45, 2.75) is 26.9 Å². The summed E-state index contributed by atoms with van der Waals surface area (Å²) in [4.78, 5) is 11.6. The van der Waals surface area contributed by atoms with Crippen molar-refractivity contribution < 1.29 is 18.3 Å². The normalized spacial score (nSPS) is 12.8. The van der Waals surface area contributed by atoms with Gasteiger partial charge in [-0.2, -0.15) is 0 Å². The molecule has 0 aromatic heterocycles. The molecule has 0 saturated heterocycles. The Hall–Kier alpha value is -1.29. The topological polar surface area (TPSA) is 26.3 Å². The quantitative estimate of drug-likeness (QED) is 0.741. The van der Waals surface area contributed by atoms with Crippen molar-refractivity contribution in [1.82, 2.24) is 0 Å². The summed E-state index contributed by atoms with van der Waals surface area (Å²) in [5.41, 5.74) is -0.137. The third-order valence-electron chi connectivity index (χ3n) is 2.65. The molecule has 0 heterocycles. The van der Waals surface area contributed by atoms with Gasteiger partial charge in [0.25, 0.3) is 0 Å². The van der Waals surface area contributed by atoms with Gasteiger partial charge in [0.05, 0.1) is 11.7 Å². The van der Waals surface area contributed by atoms with E-state index in [0.29, 0.717) is 6.07 Å². The zero-order valence-corrected chi connectivity index (χ0v) is 10.2. The first-order valence-electron chi connectivity index (χ1n) is 5.51. The Bertz CT molecular complexity index is 402. The zero-order valence-electron chi connectivity index (χ0n) is 10.2. The molecule has 0 aliphatic carbocycles. The number of carbonyl (C=O) groups excluding carboxylic acids is 1. The van der Waals surface area contributed by atoms with Crippen LogP contribution in [0.4, 0.5) is 8.78 Å². The summed E-state index contributed by atoms with van der Waals surface area (Å²) in [5, 5.41) is 0. The standard InChI is InChI=1S/C13H16F2O2/c1-8(2)9(3)17-7-13(16)11-5-4-10(14)6-12(11)15/h4-6,8-9H,7H2,1-3H3. The lowest BCUT2D eigenvalue weighted by Crippen LogP contribution is -2.21. The highest BCUT2D eigenvalue weighted by molar-refractivity contribution is 5.97. The average molecular weight is 242 g/mol. The Labute approximate surface area is 99.6 Å². The van der Waals surface area contributed by atoms with Crippen LogP contribution in [0.15, 0.2) is 18.2 Å². The minimum absolute atomic E-state index is 0.0811. The molecular formula is C13H16F2O2. The molecule has 94 valence electrons. The first-order valence-corrected chi connectivity index (χ1v) is 5.51. The molecule has 0 N–H and O–H groups in total. The number of halogens is 2. The van der Waals surface area contributed by atoms with Gasteiger partial charge in [-0.05, 0) is 25.0 Å². The van der Waals surface area contributed by atoms with E-state index in [0.717, 1.165) is 12.1 Å². The molecule has 1 unspecified atom stereocenters. The number of rotatable bonds is 5. The molecule has 0 radical (unpaired) electrons. The lowest BCUT2D eigenvalue weighted by Gasteiger charge is -2.15. The molecule has 1 aromatic rings. The second-order valence-electron chi connectivity index (χ2n) is 4.31. The van der Waals surface area contributed by atoms with Crippen molar-refractivity contribution in [3.63, 3.8) is 0 Å². The smallest absolute Gasteiger partial charge is 0.191 e. The van der Waals surface area contributed by atoms with Crippen LogP contribution in [0.2, 0.25) is 0 Å². The van der Waals surface area contributed by atoms with Crippen molar-refractivity contribution in [2.24, 2.45) is 5.92 Å². The molecule has 0 amide bonds. The van der Waals surface area contributed by atoms with E-state index in [-0.39, 0.29) is 24.2 Å². The maximum atomic E-state index is 13.3. The summed E-state index contributed by atoms with van der Waals surface area (Å²) >= 11 is 0. The van der Waals surface area contributed by atoms with Gasteiger partial charge in [-0.15, -0.1) is 0 Å². The van der Waals surface area contributed by atoms with Gasteiger partial charge in [-0.3, -0.25) is 4.79 Å². The van der Waals surface area contributed by atoms with Crippen LogP contribution in [0.1, 0.15) is 31.1 Å². The largest absolute Gasteiger partial charge is 0.370 e. The van der Waals surface area contributed by atoms with E-state index < -0.39 is 17.4 Å². The van der Waals surface area contributed by atoms with Gasteiger partial charge in [0.15, 0.2) is 5.78 Å². The Kier molecular flexibility index (Phi) is 4.75. The van der Waals surface area contributed by atoms with Gasteiger partial charge in [0.2, 0.25) is 0 Å². The molecule has 0 saturated carbocycles. The minimum atomic E-state index is -0.851. The lowest BCUT2D eigenvalue weighted by atomic mass is 10.1. The molecule has 1 atom stereocenters. The highest BCUT2D eigenvalue weighted by Gasteiger charge is 2.15. The lowest BCUT2D eigenvalue weighted by molar-refractivity contribution is 0.0334. The van der Waals surface area contributed by atoms with Crippen LogP contribution >= 0.6 is 0 Å². The molecule has 0 bridgehead atoms. The number of ketones is 1. The van der Waals surface area contributed by atoms with Crippen LogP contribution in [0, 0.1) is 17.6 Å². The monoisotopic (exact) mass is 242 g/mol. The SMILES string of the molecule is CC(C)C(C)OCC(=O)c1ccc(F)cc1F. The molecule has 0 aliphatic heterocycles. The molecule has 0 aliphatic rings. The van der Waals surface area contributed by atoms with Gasteiger partial charge in [-0.25, -0.2) is 8.78 Å². The third-order valence-corrected chi connectivity index (χ3v) is 2.65. The Morgan fingerprint density at radius 2 is 1.94 bits per heavy atom. The van der Waals surface area contributed by atoms with Crippen molar-refractivity contribution in [3.8, 4) is 0 Å². The number of ether oxygens (including phenoxy) is 1. The van der Waals surface area contributed by atoms with Gasteiger partial charge in [0.1, 0.15) is 18.2 Å². The first-order chi connectivity index (χ1) is 7.91. The number of hydrogen-bond donors (Lipinski definition) is 0. The van der Waals surface area contributed by atoms with E-state index in [9.17, 15) is 13.6 Å². The van der Waals surface area contributed by atoms with Crippen LogP contribution in [-0.4, -0.2) is 18.5 Å². The van der Waals surface area contributed by atoms with E-state index in [4.69, 9.17) is 4.74 Å². The predicted molar refractivity (Wildman–Crippen MR) is 60.9 cm³/mol. The van der Waals surface area contributed by atoms with Crippen LogP contribution in [0.5, 0.6) is 0 Å². The summed E-state index contributed by atoms with van der Waals surface area (Å²) in [6.07, 6.45) is -0.0811. The van der Waals surface area contributed by atoms with Gasteiger partial charge >= 0.3 is 0 Å². The highest BCUT2D eigenvalue weighted by atomic mass is 19.1. The maximum Gasteiger partial charge on any atom is 0.191 e. The van der Waals surface area contributed by atoms with Crippen molar-refractivity contribution in [1.29, 1.82) is 0 Å². The van der Waals surface area contributed by atoms with Crippen LogP contribution in [0.3, 0.4) is 0 Å². The van der Waals surface area contributed by atoms with E-state index in [1.54, 1.807) is 0 Å². The van der Waals surface area contributed by atoms with Crippen molar-refractivity contribution in [2.75, 3.05) is 6.61 Å². The summed E-state index contributed by atoms with van der Waals surface area (Å²) in [6, 6.07) is 2.89. The molecule has 17 heavy (non-hydrogen) atoms. The molecule has 0 spiro atoms. The van der Waals surface area contributed by atoms with E-state index in [1.165, 1.54) is 0 Å². The second-order valence-corrected chi connectivity index (χ2v) is 4.31. The van der Waals surface area contributed by atoms with Crippen LogP contribution in [-0.2, 0) is 4.74 Å². The Balaban J connectivity index is 2.64. The van der Waals surface area contributed by atoms with Crippen LogP contribution in [0.25, 0.3) is 0 Å². The van der Waals surface area contributed by atoms with E-state index >= 15 is 0 Å². The van der Waals surface area contributed by atoms with E-state index in [1.807, 2.05) is 20.8 Å². The Morgan fingerprint density at radius 1 is 1.29 bits per heavy atom. The average Bonchev–Trinajstić information content (AvgIpc) is 2.25. The summed E-state index contributed by atoms with van der Waals surface area (Å²) in [5.74, 6) is -1.75. The molecule has 1 aromatic carbocycles. The number of Topliss-reactive ketones (excluding diaryl/α,β-unsaturated/α-hetero) is 1. The minimum Gasteiger partial charge on any atom is -0.370 e. The van der Waals surface area contributed by atoms with Crippen LogP contribution < -0.4 is 0 Å². The van der Waals surface area contributed by atoms with Crippen molar-refractivity contribution >= 4 is 5.78 Å². The fourth-order valence-corrected chi connectivity index (χ4v) is 1.19. The molecular weight excluding hydrogens is 226 g/mol. The third kappa shape index (κ3) is 3.89. The molecule has 1 rings (SSSR count). The van der Waals surface area contributed by atoms with E-state index in [2.05, 4.69) is 0 Å². The molecule has 4 heteroatoms. The second kappa shape index (κ2) is 5.87. The fraction of sp³-hybridized carbons (Fsp3) is 0.462. The predicted octanol–water partition coefficient (Wildman–Crippen LogP) is 3.21. The molecule has 0 fully saturated rings. The summed E-state index contributed by atoms with van der Waals surface area (Å²) in [6.45, 7) is 5.59. The number of hydrogen-bond acceptors (Lipinski definition) is 2. The van der Waals surface area contributed by atoms with Gasteiger partial charge < -0.3 is 4.74 Å². The zero-order chi connectivity index (χ0) is 13.0. The summed E-state index contributed by atoms with van der Waals surface area (Å²) in [7, 11) is 0. The highest BCUT2D eigenvalue weighted by Crippen LogP contribution is 2.12. The van der Waals surface area contributed by atoms with Crippen molar-refractivity contribution in [3.05, 3.63) is 35.4 Å². The summed E-state index contributed by atoms with van der Waals surface area (Å²) < 4.78 is 31.2. The maximum absolute atomic E-state index is 13.3. The Morgan fingerprint density at radius 3 is 2.47 bits per heavy atom. The molecule has 2 nitrogen and oxygen atoms in total. The van der Waals surface area contributed by atoms with Gasteiger partial charge in [-0.1, -0.05) is 13.8 Å². The van der Waals surface area contributed by atoms with Gasteiger partial charge in [0, 0.05) is 6.07 Å². The number of carbonyl (C=O) groups is 1. The number of benzene rings is 1.